The molecule has 4 unspecified atom stereocenters. The molecule has 8 rings (SSSR count). The third-order valence-corrected chi connectivity index (χ3v) is 18.5. The molecular formula is C35H50N13O24P4S+. The maximum Gasteiger partial charge on any atom is 0.479 e. The van der Waals surface area contributed by atoms with Crippen molar-refractivity contribution < 1.29 is 104 Å². The number of fused-ring (bicyclic) bond motifs is 2. The number of hydrogen-bond acceptors (Lipinski definition) is 27. The SMILES string of the molecule is CO[C@@H]1[C@H](OP(=O)(O)OC[C@H]2O[C@@H](n3ccc(=O)[nH]c3=O)[C@H](O)[C@@H]2O)[C@@H](COP(=O)(O)OP(O)(=S)OP(=O)(O)OC[C@H]2O[C@@H]([n+]3cn(C)c4c(=O)[nH]c(N)nc43)[C@H](O)[C@@H]2CC(=O)N(C)C)O[C@H]1n1cnc2c(N)ncnc21. The molecule has 1 amide bonds. The van der Waals surface area contributed by atoms with E-state index in [1.165, 1.54) is 46.1 Å². The van der Waals surface area contributed by atoms with Crippen LogP contribution in [0.3, 0.4) is 0 Å². The summed E-state index contributed by atoms with van der Waals surface area (Å²) in [6, 6.07) is 0.931. The van der Waals surface area contributed by atoms with Gasteiger partial charge in [0.05, 0.1) is 39.3 Å². The molecule has 0 spiro atoms. The Balaban J connectivity index is 0.951. The number of carbonyl (C=O) groups excluding carboxylic acids is 1. The molecule has 13 N–H and O–H groups in total. The van der Waals surface area contributed by atoms with Crippen molar-refractivity contribution in [3.63, 3.8) is 0 Å². The number of aryl methyl sites for hydroxylation is 1. The Morgan fingerprint density at radius 2 is 1.48 bits per heavy atom. The fourth-order valence-electron chi connectivity index (χ4n) is 8.51. The number of nitrogen functional groups attached to an aromatic ring is 2. The van der Waals surface area contributed by atoms with Crippen molar-refractivity contribution in [2.75, 3.05) is 52.5 Å². The fourth-order valence-corrected chi connectivity index (χ4v) is 14.5. The number of aromatic nitrogens is 10. The minimum atomic E-state index is -5.78. The number of carbonyl (C=O) groups is 1. The number of nitrogens with one attached hydrogen (secondary N) is 2. The number of H-pyrrole nitrogens is 2. The van der Waals surface area contributed by atoms with E-state index in [0.717, 1.165) is 36.6 Å². The predicted molar refractivity (Wildman–Crippen MR) is 255 cm³/mol. The van der Waals surface area contributed by atoms with Gasteiger partial charge in [0.25, 0.3) is 17.1 Å². The largest absolute Gasteiger partial charge is 0.479 e. The molecule has 0 bridgehead atoms. The second-order valence-corrected chi connectivity index (χ2v) is 24.8. The molecule has 424 valence electrons. The van der Waals surface area contributed by atoms with E-state index in [1.807, 2.05) is 4.98 Å². The molecular weight excluding hydrogens is 1140 g/mol. The van der Waals surface area contributed by atoms with Gasteiger partial charge in [-0.1, -0.05) is 4.98 Å². The fraction of sp³-hybridized carbons (Fsp3) is 0.571. The standard InChI is InChI=1S/C35H49N13O24P4S/c1-44(2)19(50)7-14-15(67-31(22(14)51)48-13-45(3)21-29(48)42-34(37)43-30(21)54)8-65-74(58,59)71-76(62,77)72-75(60,61)66-10-17-25(26(63-4)33(69-17)47-12-40-20-27(36)38-11-39-28(20)47)70-73(56,57)64-9-16-23(52)24(53)32(68-16)46-6-5-18(49)41-35(46)55/h5-6,11-17,22-26,31-33,51-53H,7-10H2,1-4H3,(H9-,36,37,38,39,41,42,43,49,54,55,56,57,58,59,60,61,62,77)/p+1/t14-,15-,16-,17-,22-,23-,24-,25-,26-,31-,32-,33-,76?/m1/s1. The highest BCUT2D eigenvalue weighted by molar-refractivity contribution is 8.09. The molecule has 3 fully saturated rings. The molecule has 0 aliphatic carbocycles. The van der Waals surface area contributed by atoms with Gasteiger partial charge >= 0.3 is 41.5 Å². The maximum absolute atomic E-state index is 13.6. The molecule has 5 aromatic rings. The van der Waals surface area contributed by atoms with E-state index in [-0.39, 0.29) is 34.1 Å². The Morgan fingerprint density at radius 1 is 0.844 bits per heavy atom. The van der Waals surface area contributed by atoms with Crippen molar-refractivity contribution in [1.29, 1.82) is 0 Å². The first-order valence-corrected chi connectivity index (χ1v) is 29.2. The molecule has 0 aromatic carbocycles. The number of anilines is 2. The monoisotopic (exact) mass is 1190 g/mol. The summed E-state index contributed by atoms with van der Waals surface area (Å²) in [6.07, 6.45) is -13.8. The second-order valence-electron chi connectivity index (χ2n) is 17.4. The first kappa shape index (κ1) is 58.5. The summed E-state index contributed by atoms with van der Waals surface area (Å²) in [4.78, 5) is 115. The van der Waals surface area contributed by atoms with Crippen LogP contribution in [0.4, 0.5) is 11.8 Å². The molecule has 0 saturated carbocycles. The average molecular weight is 1190 g/mol. The smallest absolute Gasteiger partial charge is 0.387 e. The lowest BCUT2D eigenvalue weighted by molar-refractivity contribution is -0.745. The van der Waals surface area contributed by atoms with Crippen LogP contribution >= 0.6 is 30.2 Å². The lowest BCUT2D eigenvalue weighted by Crippen LogP contribution is -2.45. The number of amides is 1. The zero-order valence-corrected chi connectivity index (χ0v) is 44.5. The van der Waals surface area contributed by atoms with Crippen LogP contribution in [0.15, 0.2) is 45.6 Å². The van der Waals surface area contributed by atoms with Crippen molar-refractivity contribution in [1.82, 2.24) is 48.5 Å². The van der Waals surface area contributed by atoms with Crippen LogP contribution in [0.1, 0.15) is 25.1 Å². The lowest BCUT2D eigenvalue weighted by Gasteiger charge is -2.26. The van der Waals surface area contributed by atoms with Gasteiger partial charge in [0.15, 0.2) is 30.2 Å². The molecule has 3 saturated heterocycles. The van der Waals surface area contributed by atoms with Crippen molar-refractivity contribution in [3.8, 4) is 0 Å². The highest BCUT2D eigenvalue weighted by atomic mass is 32.5. The summed E-state index contributed by atoms with van der Waals surface area (Å²) in [7, 11) is -11.4. The van der Waals surface area contributed by atoms with Gasteiger partial charge in [-0.15, -0.1) is 0 Å². The molecule has 42 heteroatoms. The van der Waals surface area contributed by atoms with Crippen molar-refractivity contribution in [2.24, 2.45) is 13.0 Å². The van der Waals surface area contributed by atoms with E-state index in [2.05, 4.69) is 33.5 Å². The maximum atomic E-state index is 13.6. The van der Waals surface area contributed by atoms with Gasteiger partial charge in [-0.25, -0.2) is 46.6 Å². The Labute approximate surface area is 434 Å². The number of hydrogen-bond donors (Lipinski definition) is 11. The molecule has 0 radical (unpaired) electrons. The Kier molecular flexibility index (Phi) is 17.0. The van der Waals surface area contributed by atoms with E-state index in [0.29, 0.717) is 0 Å². The number of rotatable bonds is 21. The number of nitrogens with zero attached hydrogens (tertiary/aromatic N) is 9. The summed E-state index contributed by atoms with van der Waals surface area (Å²) >= 11 is 4.77. The first-order chi connectivity index (χ1) is 36.0. The predicted octanol–water partition coefficient (Wildman–Crippen LogP) is -4.03. The Morgan fingerprint density at radius 3 is 2.13 bits per heavy atom. The summed E-state index contributed by atoms with van der Waals surface area (Å²) in [6.45, 7) is -8.56. The molecule has 16 atom stereocenters. The van der Waals surface area contributed by atoms with E-state index in [9.17, 15) is 67.8 Å². The Hall–Kier alpha value is -4.69. The summed E-state index contributed by atoms with van der Waals surface area (Å²) in [5.41, 5.74) is 9.32. The number of nitrogens with two attached hydrogens (primary N) is 2. The zero-order valence-electron chi connectivity index (χ0n) is 40.1. The average Bonchev–Trinajstić information content (AvgIpc) is 4.13. The van der Waals surface area contributed by atoms with Crippen molar-refractivity contribution in [3.05, 3.63) is 62.4 Å². The number of methoxy groups -OCH3 is 1. The van der Waals surface area contributed by atoms with Crippen LogP contribution < -0.4 is 32.8 Å². The summed E-state index contributed by atoms with van der Waals surface area (Å²) in [5, 5.41) is 32.8. The third kappa shape index (κ3) is 12.7. The highest BCUT2D eigenvalue weighted by Crippen LogP contribution is 2.68. The molecule has 3 aliphatic heterocycles. The van der Waals surface area contributed by atoms with Crippen molar-refractivity contribution >= 4 is 82.0 Å². The number of imidazole rings is 2. The number of aromatic amines is 2. The highest BCUT2D eigenvalue weighted by Gasteiger charge is 2.54. The molecule has 77 heavy (non-hydrogen) atoms. The summed E-state index contributed by atoms with van der Waals surface area (Å²) in [5.74, 6) is -2.07. The molecule has 8 heterocycles. The quantitative estimate of drug-likeness (QED) is 0.0246. The van der Waals surface area contributed by atoms with Gasteiger partial charge in [0.2, 0.25) is 17.7 Å². The van der Waals surface area contributed by atoms with Crippen LogP contribution in [0.25, 0.3) is 22.3 Å². The number of aliphatic hydroxyl groups is 3. The van der Waals surface area contributed by atoms with E-state index >= 15 is 0 Å². The van der Waals surface area contributed by atoms with Crippen LogP contribution in [0.5, 0.6) is 0 Å². The van der Waals surface area contributed by atoms with Crippen LogP contribution in [0, 0.1) is 5.92 Å². The summed E-state index contributed by atoms with van der Waals surface area (Å²) < 4.78 is 98.0. The van der Waals surface area contributed by atoms with Gasteiger partial charge in [-0.05, 0) is 11.8 Å². The molecule has 37 nitrogen and oxygen atoms in total. The van der Waals surface area contributed by atoms with Gasteiger partial charge in [0, 0.05) is 45.8 Å². The second kappa shape index (κ2) is 22.4. The number of ether oxygens (including phenoxy) is 4. The topological polar surface area (TPSA) is 510 Å². The molecule has 3 aliphatic rings. The number of phosphoric acid groups is 3. The van der Waals surface area contributed by atoms with E-state index in [4.69, 9.17) is 60.3 Å². The molecule has 5 aromatic heterocycles. The normalized spacial score (nSPS) is 29.8. The van der Waals surface area contributed by atoms with Gasteiger partial charge < -0.3 is 70.2 Å². The van der Waals surface area contributed by atoms with Gasteiger partial charge in [0.1, 0.15) is 54.6 Å². The number of phosphoric ester groups is 3. The van der Waals surface area contributed by atoms with Crippen LogP contribution in [-0.2, 0) is 83.0 Å². The minimum Gasteiger partial charge on any atom is -0.387 e. The van der Waals surface area contributed by atoms with Crippen LogP contribution in [-0.4, -0.2) is 179 Å². The van der Waals surface area contributed by atoms with E-state index < -0.39 is 153 Å². The zero-order chi connectivity index (χ0) is 56.3. The van der Waals surface area contributed by atoms with E-state index in [1.54, 1.807) is 0 Å². The van der Waals surface area contributed by atoms with Gasteiger partial charge in [-0.2, -0.15) is 0 Å². The van der Waals surface area contributed by atoms with Crippen molar-refractivity contribution in [2.45, 2.75) is 73.9 Å². The first-order valence-electron chi connectivity index (χ1n) is 22.1. The van der Waals surface area contributed by atoms with Crippen LogP contribution in [0.2, 0.25) is 0 Å². The third-order valence-electron chi connectivity index (χ3n) is 12.1. The Bertz CT molecular complexity index is 3420. The lowest BCUT2D eigenvalue weighted by atomic mass is 9.94. The van der Waals surface area contributed by atoms with Gasteiger partial charge in [-0.3, -0.25) is 56.1 Å². The minimum absolute atomic E-state index is 0.0127. The number of aliphatic hydroxyl groups excluding tert-OH is 3.